The molecule has 0 saturated carbocycles. The van der Waals surface area contributed by atoms with Crippen LogP contribution in [0.15, 0.2) is 58.2 Å². The quantitative estimate of drug-likeness (QED) is 0.556. The number of benzene rings is 1. The zero-order valence-corrected chi connectivity index (χ0v) is 9.96. The Morgan fingerprint density at radius 1 is 1.26 bits per heavy atom. The fourth-order valence-electron chi connectivity index (χ4n) is 1.79. The van der Waals surface area contributed by atoms with Crippen molar-refractivity contribution in [2.75, 3.05) is 0 Å². The van der Waals surface area contributed by atoms with Gasteiger partial charge in [-0.15, -0.1) is 0 Å². The Hall–Kier alpha value is -2.82. The molecule has 0 fully saturated rings. The molecule has 2 heterocycles. The Bertz CT molecular complexity index is 693. The van der Waals surface area contributed by atoms with Gasteiger partial charge in [0.1, 0.15) is 0 Å². The van der Waals surface area contributed by atoms with Gasteiger partial charge >= 0.3 is 5.91 Å². The third kappa shape index (κ3) is 2.40. The molecule has 0 radical (unpaired) electrons. The van der Waals surface area contributed by atoms with Crippen molar-refractivity contribution in [2.45, 2.75) is 0 Å². The molecule has 1 aromatic carbocycles. The number of fused-ring (bicyclic) bond motifs is 1. The number of nitrogens with zero attached hydrogens (tertiary/aromatic N) is 1. The lowest BCUT2D eigenvalue weighted by Gasteiger charge is -1.93. The van der Waals surface area contributed by atoms with Gasteiger partial charge in [-0.3, -0.25) is 4.79 Å². The van der Waals surface area contributed by atoms with E-state index in [1.54, 1.807) is 18.3 Å². The average Bonchev–Trinajstić information content (AvgIpc) is 3.07. The summed E-state index contributed by atoms with van der Waals surface area (Å²) in [6.45, 7) is 0. The molecule has 0 unspecified atom stereocenters. The standard InChI is InChI=1S/C14H11N3O2/c18-14(13-6-3-7-19-13)17-15-9-11-8-10-4-1-2-5-12(10)16-11/h1-9,16H,(H,17,18). The minimum absolute atomic E-state index is 0.230. The molecule has 5 nitrogen and oxygen atoms in total. The molecule has 0 aliphatic carbocycles. The van der Waals surface area contributed by atoms with E-state index in [0.29, 0.717) is 0 Å². The summed E-state index contributed by atoms with van der Waals surface area (Å²) in [7, 11) is 0. The monoisotopic (exact) mass is 253 g/mol. The van der Waals surface area contributed by atoms with Crippen LogP contribution in [0.3, 0.4) is 0 Å². The van der Waals surface area contributed by atoms with E-state index >= 15 is 0 Å². The summed E-state index contributed by atoms with van der Waals surface area (Å²) >= 11 is 0. The maximum Gasteiger partial charge on any atom is 0.307 e. The number of carbonyl (C=O) groups is 1. The molecule has 94 valence electrons. The summed E-state index contributed by atoms with van der Waals surface area (Å²) in [5.74, 6) is -0.147. The van der Waals surface area contributed by atoms with E-state index in [1.807, 2.05) is 30.3 Å². The summed E-state index contributed by atoms with van der Waals surface area (Å²) in [5, 5.41) is 4.98. The fourth-order valence-corrected chi connectivity index (χ4v) is 1.79. The van der Waals surface area contributed by atoms with E-state index < -0.39 is 0 Å². The van der Waals surface area contributed by atoms with Gasteiger partial charge in [-0.25, -0.2) is 5.43 Å². The van der Waals surface area contributed by atoms with E-state index in [4.69, 9.17) is 4.42 Å². The molecule has 0 aliphatic heterocycles. The lowest BCUT2D eigenvalue weighted by Crippen LogP contribution is -2.16. The first kappa shape index (κ1) is 11.3. The first-order chi connectivity index (χ1) is 9.33. The van der Waals surface area contributed by atoms with E-state index in [1.165, 1.54) is 6.26 Å². The van der Waals surface area contributed by atoms with Gasteiger partial charge in [-0.1, -0.05) is 18.2 Å². The molecule has 0 spiro atoms. The highest BCUT2D eigenvalue weighted by Gasteiger charge is 2.05. The molecule has 1 amide bonds. The van der Waals surface area contributed by atoms with Gasteiger partial charge < -0.3 is 9.40 Å². The number of hydrogen-bond acceptors (Lipinski definition) is 3. The Morgan fingerprint density at radius 3 is 2.95 bits per heavy atom. The Balaban J connectivity index is 1.71. The van der Waals surface area contributed by atoms with Crippen LogP contribution in [-0.2, 0) is 0 Å². The van der Waals surface area contributed by atoms with Crippen LogP contribution in [0.1, 0.15) is 16.2 Å². The number of amides is 1. The zero-order chi connectivity index (χ0) is 13.1. The highest BCUT2D eigenvalue weighted by atomic mass is 16.3. The molecular formula is C14H11N3O2. The van der Waals surface area contributed by atoms with E-state index in [-0.39, 0.29) is 11.7 Å². The van der Waals surface area contributed by atoms with E-state index in [9.17, 15) is 4.79 Å². The molecule has 3 rings (SSSR count). The maximum absolute atomic E-state index is 11.5. The van der Waals surface area contributed by atoms with E-state index in [2.05, 4.69) is 15.5 Å². The predicted molar refractivity (Wildman–Crippen MR) is 72.1 cm³/mol. The number of hydrogen-bond donors (Lipinski definition) is 2. The van der Waals surface area contributed by atoms with Crippen molar-refractivity contribution in [1.82, 2.24) is 10.4 Å². The Kier molecular flexibility index (Phi) is 2.86. The molecule has 0 bridgehead atoms. The van der Waals surface area contributed by atoms with Crippen molar-refractivity contribution in [2.24, 2.45) is 5.10 Å². The second-order valence-corrected chi connectivity index (χ2v) is 3.99. The number of carbonyl (C=O) groups excluding carboxylic acids is 1. The fraction of sp³-hybridized carbons (Fsp3) is 0. The van der Waals surface area contributed by atoms with Gasteiger partial charge in [0.05, 0.1) is 18.2 Å². The normalized spacial score (nSPS) is 11.2. The van der Waals surface area contributed by atoms with Crippen LogP contribution in [-0.4, -0.2) is 17.1 Å². The van der Waals surface area contributed by atoms with Gasteiger partial charge in [0.15, 0.2) is 5.76 Å². The second kappa shape index (κ2) is 4.81. The molecule has 2 aromatic heterocycles. The zero-order valence-electron chi connectivity index (χ0n) is 9.96. The largest absolute Gasteiger partial charge is 0.459 e. The number of aromatic amines is 1. The van der Waals surface area contributed by atoms with Crippen LogP contribution in [0.25, 0.3) is 10.9 Å². The second-order valence-electron chi connectivity index (χ2n) is 3.99. The number of hydrazone groups is 1. The number of rotatable bonds is 3. The van der Waals surface area contributed by atoms with Crippen LogP contribution in [0.4, 0.5) is 0 Å². The number of nitrogens with one attached hydrogen (secondary N) is 2. The number of aromatic nitrogens is 1. The molecular weight excluding hydrogens is 242 g/mol. The van der Waals surface area contributed by atoms with Crippen molar-refractivity contribution >= 4 is 23.0 Å². The van der Waals surface area contributed by atoms with Gasteiger partial charge in [-0.2, -0.15) is 5.10 Å². The van der Waals surface area contributed by atoms with Crippen molar-refractivity contribution < 1.29 is 9.21 Å². The van der Waals surface area contributed by atoms with Crippen molar-refractivity contribution in [1.29, 1.82) is 0 Å². The van der Waals surface area contributed by atoms with Crippen LogP contribution in [0, 0.1) is 0 Å². The molecule has 5 heteroatoms. The van der Waals surface area contributed by atoms with E-state index in [0.717, 1.165) is 16.6 Å². The molecule has 0 atom stereocenters. The SMILES string of the molecule is O=C(NN=Cc1cc2ccccc2[nH]1)c1ccco1. The summed E-state index contributed by atoms with van der Waals surface area (Å²) in [6, 6.07) is 13.1. The van der Waals surface area contributed by atoms with Crippen molar-refractivity contribution in [3.63, 3.8) is 0 Å². The summed E-state index contributed by atoms with van der Waals surface area (Å²) in [4.78, 5) is 14.7. The number of para-hydroxylation sites is 1. The molecule has 0 aliphatic rings. The van der Waals surface area contributed by atoms with Crippen LogP contribution >= 0.6 is 0 Å². The van der Waals surface area contributed by atoms with Crippen LogP contribution in [0.2, 0.25) is 0 Å². The molecule has 3 aromatic rings. The lowest BCUT2D eigenvalue weighted by molar-refractivity contribution is 0.0927. The minimum Gasteiger partial charge on any atom is -0.459 e. The van der Waals surface area contributed by atoms with Crippen LogP contribution < -0.4 is 5.43 Å². The predicted octanol–water partition coefficient (Wildman–Crippen LogP) is 2.52. The Morgan fingerprint density at radius 2 is 2.16 bits per heavy atom. The van der Waals surface area contributed by atoms with Gasteiger partial charge in [0.2, 0.25) is 0 Å². The minimum atomic E-state index is -0.377. The molecule has 19 heavy (non-hydrogen) atoms. The first-order valence-electron chi connectivity index (χ1n) is 5.77. The summed E-state index contributed by atoms with van der Waals surface area (Å²) in [5.41, 5.74) is 4.24. The van der Waals surface area contributed by atoms with Gasteiger partial charge in [0.25, 0.3) is 0 Å². The lowest BCUT2D eigenvalue weighted by atomic mass is 10.2. The van der Waals surface area contributed by atoms with Crippen molar-refractivity contribution in [3.8, 4) is 0 Å². The highest BCUT2D eigenvalue weighted by molar-refractivity contribution is 5.93. The first-order valence-corrected chi connectivity index (χ1v) is 5.77. The molecule has 2 N–H and O–H groups in total. The third-order valence-corrected chi connectivity index (χ3v) is 2.67. The average molecular weight is 253 g/mol. The smallest absolute Gasteiger partial charge is 0.307 e. The maximum atomic E-state index is 11.5. The van der Waals surface area contributed by atoms with Gasteiger partial charge in [-0.05, 0) is 24.3 Å². The summed E-state index contributed by atoms with van der Waals surface area (Å²) < 4.78 is 4.95. The Labute approximate surface area is 108 Å². The van der Waals surface area contributed by atoms with Crippen molar-refractivity contribution in [3.05, 3.63) is 60.2 Å². The highest BCUT2D eigenvalue weighted by Crippen LogP contribution is 2.13. The summed E-state index contributed by atoms with van der Waals surface area (Å²) in [6.07, 6.45) is 3.00. The number of H-pyrrole nitrogens is 1. The van der Waals surface area contributed by atoms with Gasteiger partial charge in [0, 0.05) is 10.9 Å². The number of furan rings is 1. The van der Waals surface area contributed by atoms with Crippen LogP contribution in [0.5, 0.6) is 0 Å². The molecule has 0 saturated heterocycles. The topological polar surface area (TPSA) is 70.4 Å². The third-order valence-electron chi connectivity index (χ3n) is 2.67.